The van der Waals surface area contributed by atoms with Crippen molar-refractivity contribution in [2.45, 2.75) is 17.7 Å². The summed E-state index contributed by atoms with van der Waals surface area (Å²) >= 11 is 1.75. The molecule has 3 heteroatoms. The van der Waals surface area contributed by atoms with E-state index in [1.54, 1.807) is 11.8 Å². The molecule has 0 fully saturated rings. The van der Waals surface area contributed by atoms with Crippen molar-refractivity contribution in [3.8, 4) is 0 Å². The molecular formula is C12H19NOS. The van der Waals surface area contributed by atoms with E-state index in [1.807, 2.05) is 0 Å². The Labute approximate surface area is 95.9 Å². The fourth-order valence-electron chi connectivity index (χ4n) is 1.45. The molecule has 0 radical (unpaired) electrons. The summed E-state index contributed by atoms with van der Waals surface area (Å²) in [5, 5.41) is 9.00. The van der Waals surface area contributed by atoms with Gasteiger partial charge in [-0.2, -0.15) is 0 Å². The van der Waals surface area contributed by atoms with E-state index in [4.69, 9.17) is 10.8 Å². The fraction of sp³-hybridized carbons (Fsp3) is 0.500. The number of hydrogen-bond acceptors (Lipinski definition) is 3. The van der Waals surface area contributed by atoms with Gasteiger partial charge in [0.15, 0.2) is 0 Å². The third-order valence-electron chi connectivity index (χ3n) is 2.59. The average molecular weight is 225 g/mol. The first kappa shape index (κ1) is 12.6. The smallest absolute Gasteiger partial charge is 0.0471 e. The summed E-state index contributed by atoms with van der Waals surface area (Å²) in [6.07, 6.45) is 4.04. The maximum atomic E-state index is 9.00. The van der Waals surface area contributed by atoms with Crippen LogP contribution in [-0.2, 0) is 6.42 Å². The van der Waals surface area contributed by atoms with Gasteiger partial charge in [0.25, 0.3) is 0 Å². The summed E-state index contributed by atoms with van der Waals surface area (Å²) in [5.74, 6) is 0.241. The Morgan fingerprint density at radius 2 is 2.00 bits per heavy atom. The Kier molecular flexibility index (Phi) is 5.76. The highest BCUT2D eigenvalue weighted by Gasteiger charge is 2.04. The first-order valence-corrected chi connectivity index (χ1v) is 6.46. The van der Waals surface area contributed by atoms with Crippen molar-refractivity contribution in [3.05, 3.63) is 29.8 Å². The first-order chi connectivity index (χ1) is 7.30. The van der Waals surface area contributed by atoms with E-state index in [2.05, 4.69) is 30.5 Å². The molecule has 0 aliphatic heterocycles. The lowest BCUT2D eigenvalue weighted by Gasteiger charge is -2.10. The van der Waals surface area contributed by atoms with Crippen LogP contribution in [0.1, 0.15) is 12.0 Å². The molecule has 0 saturated heterocycles. The molecule has 0 aliphatic carbocycles. The molecule has 1 unspecified atom stereocenters. The van der Waals surface area contributed by atoms with Gasteiger partial charge in [0.1, 0.15) is 0 Å². The summed E-state index contributed by atoms with van der Waals surface area (Å²) in [4.78, 5) is 1.29. The van der Waals surface area contributed by atoms with Crippen LogP contribution in [0.2, 0.25) is 0 Å². The van der Waals surface area contributed by atoms with Gasteiger partial charge in [-0.15, -0.1) is 11.8 Å². The van der Waals surface area contributed by atoms with E-state index in [0.29, 0.717) is 6.54 Å². The van der Waals surface area contributed by atoms with Crippen LogP contribution in [-0.4, -0.2) is 24.5 Å². The molecule has 0 bridgehead atoms. The monoisotopic (exact) mass is 225 g/mol. The van der Waals surface area contributed by atoms with Crippen LogP contribution in [0.15, 0.2) is 29.2 Å². The Morgan fingerprint density at radius 3 is 2.47 bits per heavy atom. The normalized spacial score (nSPS) is 12.7. The zero-order valence-electron chi connectivity index (χ0n) is 9.15. The van der Waals surface area contributed by atoms with Crippen LogP contribution in [0.4, 0.5) is 0 Å². The van der Waals surface area contributed by atoms with Gasteiger partial charge in [0.05, 0.1) is 0 Å². The number of aliphatic hydroxyl groups is 1. The number of rotatable bonds is 6. The van der Waals surface area contributed by atoms with Crippen molar-refractivity contribution in [2.24, 2.45) is 11.7 Å². The third-order valence-corrected chi connectivity index (χ3v) is 3.34. The highest BCUT2D eigenvalue weighted by atomic mass is 32.2. The molecule has 1 aromatic rings. The number of nitrogens with two attached hydrogens (primary N) is 1. The van der Waals surface area contributed by atoms with Gasteiger partial charge in [-0.05, 0) is 49.3 Å². The summed E-state index contributed by atoms with van der Waals surface area (Å²) in [7, 11) is 0. The SMILES string of the molecule is CSc1ccc(CCC(CN)CO)cc1. The van der Waals surface area contributed by atoms with Crippen LogP contribution < -0.4 is 5.73 Å². The predicted octanol–water partition coefficient (Wildman–Crippen LogP) is 1.91. The molecule has 0 heterocycles. The fourth-order valence-corrected chi connectivity index (χ4v) is 1.85. The topological polar surface area (TPSA) is 46.2 Å². The van der Waals surface area contributed by atoms with E-state index in [1.165, 1.54) is 10.5 Å². The third kappa shape index (κ3) is 4.24. The van der Waals surface area contributed by atoms with Gasteiger partial charge in [-0.3, -0.25) is 0 Å². The van der Waals surface area contributed by atoms with Crippen molar-refractivity contribution >= 4 is 11.8 Å². The molecule has 0 amide bonds. The molecule has 15 heavy (non-hydrogen) atoms. The van der Waals surface area contributed by atoms with Crippen molar-refractivity contribution in [2.75, 3.05) is 19.4 Å². The second-order valence-electron chi connectivity index (χ2n) is 3.67. The lowest BCUT2D eigenvalue weighted by molar-refractivity contribution is 0.223. The molecule has 0 aliphatic rings. The van der Waals surface area contributed by atoms with Crippen molar-refractivity contribution in [1.29, 1.82) is 0 Å². The average Bonchev–Trinajstić information content (AvgIpc) is 2.31. The van der Waals surface area contributed by atoms with Gasteiger partial charge < -0.3 is 10.8 Å². The summed E-state index contributed by atoms with van der Waals surface area (Å²) < 4.78 is 0. The Morgan fingerprint density at radius 1 is 1.33 bits per heavy atom. The number of benzene rings is 1. The molecule has 1 aromatic carbocycles. The maximum Gasteiger partial charge on any atom is 0.0471 e. The minimum atomic E-state index is 0.194. The van der Waals surface area contributed by atoms with E-state index < -0.39 is 0 Å². The van der Waals surface area contributed by atoms with Gasteiger partial charge in [-0.1, -0.05) is 12.1 Å². The zero-order chi connectivity index (χ0) is 11.1. The summed E-state index contributed by atoms with van der Waals surface area (Å²) in [6, 6.07) is 8.57. The van der Waals surface area contributed by atoms with Crippen LogP contribution >= 0.6 is 11.8 Å². The molecule has 0 saturated carbocycles. The standard InChI is InChI=1S/C12H19NOS/c1-15-12-6-4-10(5-7-12)2-3-11(8-13)9-14/h4-7,11,14H,2-3,8-9,13H2,1H3. The van der Waals surface area contributed by atoms with Crippen LogP contribution in [0.3, 0.4) is 0 Å². The van der Waals surface area contributed by atoms with Crippen molar-refractivity contribution in [3.63, 3.8) is 0 Å². The zero-order valence-corrected chi connectivity index (χ0v) is 9.96. The van der Waals surface area contributed by atoms with Gasteiger partial charge in [-0.25, -0.2) is 0 Å². The quantitative estimate of drug-likeness (QED) is 0.727. The highest BCUT2D eigenvalue weighted by molar-refractivity contribution is 7.98. The van der Waals surface area contributed by atoms with E-state index >= 15 is 0 Å². The first-order valence-electron chi connectivity index (χ1n) is 5.24. The van der Waals surface area contributed by atoms with Crippen molar-refractivity contribution in [1.82, 2.24) is 0 Å². The van der Waals surface area contributed by atoms with Crippen LogP contribution in [0.5, 0.6) is 0 Å². The second kappa shape index (κ2) is 6.88. The van der Waals surface area contributed by atoms with Crippen LogP contribution in [0, 0.1) is 5.92 Å². The largest absolute Gasteiger partial charge is 0.396 e. The number of hydrogen-bond donors (Lipinski definition) is 2. The van der Waals surface area contributed by atoms with E-state index in [-0.39, 0.29) is 12.5 Å². The van der Waals surface area contributed by atoms with Crippen LogP contribution in [0.25, 0.3) is 0 Å². The molecule has 2 nitrogen and oxygen atoms in total. The molecule has 84 valence electrons. The van der Waals surface area contributed by atoms with E-state index in [9.17, 15) is 0 Å². The Bertz CT molecular complexity index is 269. The Hall–Kier alpha value is -0.510. The van der Waals surface area contributed by atoms with Gasteiger partial charge >= 0.3 is 0 Å². The molecule has 0 aromatic heterocycles. The Balaban J connectivity index is 2.43. The lowest BCUT2D eigenvalue weighted by Crippen LogP contribution is -2.18. The minimum Gasteiger partial charge on any atom is -0.396 e. The number of thioether (sulfide) groups is 1. The highest BCUT2D eigenvalue weighted by Crippen LogP contribution is 2.16. The summed E-state index contributed by atoms with van der Waals surface area (Å²) in [6.45, 7) is 0.763. The maximum absolute atomic E-state index is 9.00. The number of aryl methyl sites for hydroxylation is 1. The predicted molar refractivity (Wildman–Crippen MR) is 66.2 cm³/mol. The molecule has 1 rings (SSSR count). The lowest BCUT2D eigenvalue weighted by atomic mass is 10.0. The van der Waals surface area contributed by atoms with Gasteiger partial charge in [0.2, 0.25) is 0 Å². The molecule has 3 N–H and O–H groups in total. The minimum absolute atomic E-state index is 0.194. The van der Waals surface area contributed by atoms with E-state index in [0.717, 1.165) is 12.8 Å². The summed E-state index contributed by atoms with van der Waals surface area (Å²) in [5.41, 5.74) is 6.85. The molecule has 1 atom stereocenters. The molecule has 0 spiro atoms. The number of aliphatic hydroxyl groups excluding tert-OH is 1. The van der Waals surface area contributed by atoms with Crippen molar-refractivity contribution < 1.29 is 5.11 Å². The van der Waals surface area contributed by atoms with Gasteiger partial charge in [0, 0.05) is 11.5 Å². The second-order valence-corrected chi connectivity index (χ2v) is 4.55. The molecular weight excluding hydrogens is 206 g/mol.